The summed E-state index contributed by atoms with van der Waals surface area (Å²) >= 11 is 0. The molecular formula is C16H25NO. The molecule has 1 N–H and O–H groups in total. The lowest BCUT2D eigenvalue weighted by molar-refractivity contribution is 0.173. The Balaban J connectivity index is 2.30. The number of piperidine rings is 1. The van der Waals surface area contributed by atoms with Gasteiger partial charge in [0, 0.05) is 23.8 Å². The lowest BCUT2D eigenvalue weighted by Gasteiger charge is -2.38. The number of aliphatic hydroxyl groups is 1. The van der Waals surface area contributed by atoms with Crippen LogP contribution in [-0.2, 0) is 0 Å². The maximum atomic E-state index is 10.2. The van der Waals surface area contributed by atoms with Crippen LogP contribution < -0.4 is 4.90 Å². The van der Waals surface area contributed by atoms with E-state index in [2.05, 4.69) is 30.0 Å². The summed E-state index contributed by atoms with van der Waals surface area (Å²) in [6.07, 6.45) is 5.53. The molecule has 100 valence electrons. The number of hydrogen-bond donors (Lipinski definition) is 1. The third-order valence-corrected chi connectivity index (χ3v) is 4.09. The first kappa shape index (κ1) is 13.4. The first-order valence-electron chi connectivity index (χ1n) is 7.31. The van der Waals surface area contributed by atoms with Crippen LogP contribution in [0.3, 0.4) is 0 Å². The molecule has 2 heteroatoms. The van der Waals surface area contributed by atoms with Crippen LogP contribution in [0.4, 0.5) is 5.69 Å². The van der Waals surface area contributed by atoms with E-state index in [1.54, 1.807) is 0 Å². The Labute approximate surface area is 111 Å². The monoisotopic (exact) mass is 247 g/mol. The average molecular weight is 247 g/mol. The van der Waals surface area contributed by atoms with Gasteiger partial charge in [0.2, 0.25) is 0 Å². The van der Waals surface area contributed by atoms with Gasteiger partial charge >= 0.3 is 0 Å². The van der Waals surface area contributed by atoms with Gasteiger partial charge in [0.15, 0.2) is 0 Å². The molecule has 0 aliphatic carbocycles. The van der Waals surface area contributed by atoms with E-state index in [-0.39, 0.29) is 6.10 Å². The maximum absolute atomic E-state index is 10.2. The van der Waals surface area contributed by atoms with Crippen molar-refractivity contribution in [3.05, 3.63) is 29.8 Å². The fraction of sp³-hybridized carbons (Fsp3) is 0.625. The van der Waals surface area contributed by atoms with E-state index in [9.17, 15) is 5.11 Å². The van der Waals surface area contributed by atoms with Crippen LogP contribution in [-0.4, -0.2) is 17.7 Å². The van der Waals surface area contributed by atoms with E-state index in [0.717, 1.165) is 18.5 Å². The van der Waals surface area contributed by atoms with Gasteiger partial charge in [0.05, 0.1) is 6.10 Å². The zero-order chi connectivity index (χ0) is 13.0. The van der Waals surface area contributed by atoms with Gasteiger partial charge in [0.25, 0.3) is 0 Å². The summed E-state index contributed by atoms with van der Waals surface area (Å²) in [5.41, 5.74) is 2.35. The lowest BCUT2D eigenvalue weighted by atomic mass is 9.96. The standard InChI is InChI=1S/C16H25NO/c1-3-13-9-7-8-12-17(13)15-11-6-5-10-14(15)16(18)4-2/h5-6,10-11,13,16,18H,3-4,7-9,12H2,1-2H3. The minimum atomic E-state index is -0.333. The molecule has 1 fully saturated rings. The zero-order valence-electron chi connectivity index (χ0n) is 11.6. The highest BCUT2D eigenvalue weighted by molar-refractivity contribution is 5.55. The molecule has 0 spiro atoms. The minimum absolute atomic E-state index is 0.333. The number of benzene rings is 1. The van der Waals surface area contributed by atoms with Crippen LogP contribution >= 0.6 is 0 Å². The second kappa shape index (κ2) is 6.24. The van der Waals surface area contributed by atoms with Crippen molar-refractivity contribution < 1.29 is 5.11 Å². The van der Waals surface area contributed by atoms with Crippen molar-refractivity contribution in [3.8, 4) is 0 Å². The molecule has 0 radical (unpaired) electrons. The van der Waals surface area contributed by atoms with Crippen molar-refractivity contribution in [2.24, 2.45) is 0 Å². The van der Waals surface area contributed by atoms with Crippen LogP contribution in [0.1, 0.15) is 57.6 Å². The molecule has 0 bridgehead atoms. The first-order chi connectivity index (χ1) is 8.77. The second-order valence-corrected chi connectivity index (χ2v) is 5.23. The van der Waals surface area contributed by atoms with Gasteiger partial charge in [-0.15, -0.1) is 0 Å². The van der Waals surface area contributed by atoms with Crippen molar-refractivity contribution in [3.63, 3.8) is 0 Å². The fourth-order valence-electron chi connectivity index (χ4n) is 2.99. The number of anilines is 1. The topological polar surface area (TPSA) is 23.5 Å². The Bertz CT molecular complexity index is 377. The summed E-state index contributed by atoms with van der Waals surface area (Å²) in [7, 11) is 0. The Kier molecular flexibility index (Phi) is 4.65. The Morgan fingerprint density at radius 2 is 2.06 bits per heavy atom. The molecule has 0 saturated carbocycles. The predicted molar refractivity (Wildman–Crippen MR) is 77.0 cm³/mol. The van der Waals surface area contributed by atoms with Gasteiger partial charge in [-0.2, -0.15) is 0 Å². The molecule has 18 heavy (non-hydrogen) atoms. The highest BCUT2D eigenvalue weighted by Gasteiger charge is 2.24. The molecule has 1 heterocycles. The van der Waals surface area contributed by atoms with Gasteiger partial charge in [0.1, 0.15) is 0 Å². The summed E-state index contributed by atoms with van der Waals surface area (Å²) in [5.74, 6) is 0. The SMILES string of the molecule is CCC(O)c1ccccc1N1CCCCC1CC. The van der Waals surface area contributed by atoms with E-state index in [1.165, 1.54) is 31.4 Å². The highest BCUT2D eigenvalue weighted by atomic mass is 16.3. The van der Waals surface area contributed by atoms with Crippen molar-refractivity contribution in [2.45, 2.75) is 58.1 Å². The predicted octanol–water partition coefficient (Wildman–Crippen LogP) is 3.90. The van der Waals surface area contributed by atoms with Gasteiger partial charge in [-0.3, -0.25) is 0 Å². The number of hydrogen-bond acceptors (Lipinski definition) is 2. The minimum Gasteiger partial charge on any atom is -0.388 e. The number of aliphatic hydroxyl groups excluding tert-OH is 1. The largest absolute Gasteiger partial charge is 0.388 e. The zero-order valence-corrected chi connectivity index (χ0v) is 11.6. The van der Waals surface area contributed by atoms with Crippen molar-refractivity contribution in [1.29, 1.82) is 0 Å². The molecule has 2 unspecified atom stereocenters. The normalized spacial score (nSPS) is 21.9. The third-order valence-electron chi connectivity index (χ3n) is 4.09. The summed E-state index contributed by atoms with van der Waals surface area (Å²) in [6.45, 7) is 5.43. The molecule has 0 amide bonds. The molecule has 1 aliphatic heterocycles. The van der Waals surface area contributed by atoms with E-state index in [0.29, 0.717) is 6.04 Å². The van der Waals surface area contributed by atoms with Gasteiger partial charge < -0.3 is 10.0 Å². The first-order valence-corrected chi connectivity index (χ1v) is 7.31. The smallest absolute Gasteiger partial charge is 0.0807 e. The van der Waals surface area contributed by atoms with Gasteiger partial charge in [-0.1, -0.05) is 32.0 Å². The molecule has 2 atom stereocenters. The van der Waals surface area contributed by atoms with Crippen LogP contribution in [0.15, 0.2) is 24.3 Å². The van der Waals surface area contributed by atoms with Crippen LogP contribution in [0.5, 0.6) is 0 Å². The molecule has 2 nitrogen and oxygen atoms in total. The second-order valence-electron chi connectivity index (χ2n) is 5.23. The molecule has 0 aromatic heterocycles. The van der Waals surface area contributed by atoms with E-state index in [4.69, 9.17) is 0 Å². The van der Waals surface area contributed by atoms with E-state index in [1.807, 2.05) is 13.0 Å². The average Bonchev–Trinajstić information content (AvgIpc) is 2.46. The fourth-order valence-corrected chi connectivity index (χ4v) is 2.99. The summed E-state index contributed by atoms with van der Waals surface area (Å²) in [5, 5.41) is 10.2. The summed E-state index contributed by atoms with van der Waals surface area (Å²) in [6, 6.07) is 9.00. The number of rotatable bonds is 4. The van der Waals surface area contributed by atoms with Crippen molar-refractivity contribution >= 4 is 5.69 Å². The molecule has 1 aromatic rings. The Hall–Kier alpha value is -1.02. The molecule has 1 aromatic carbocycles. The summed E-state index contributed by atoms with van der Waals surface area (Å²) in [4.78, 5) is 2.51. The highest BCUT2D eigenvalue weighted by Crippen LogP contribution is 2.33. The van der Waals surface area contributed by atoms with Gasteiger partial charge in [-0.25, -0.2) is 0 Å². The van der Waals surface area contributed by atoms with Crippen molar-refractivity contribution in [2.75, 3.05) is 11.4 Å². The lowest BCUT2D eigenvalue weighted by Crippen LogP contribution is -2.39. The molecule has 1 aliphatic rings. The van der Waals surface area contributed by atoms with E-state index >= 15 is 0 Å². The van der Waals surface area contributed by atoms with Crippen molar-refractivity contribution in [1.82, 2.24) is 0 Å². The third kappa shape index (κ3) is 2.69. The Morgan fingerprint density at radius 1 is 1.28 bits per heavy atom. The van der Waals surface area contributed by atoms with Crippen LogP contribution in [0, 0.1) is 0 Å². The molecular weight excluding hydrogens is 222 g/mol. The van der Waals surface area contributed by atoms with E-state index < -0.39 is 0 Å². The number of para-hydroxylation sites is 1. The quantitative estimate of drug-likeness (QED) is 0.872. The molecule has 2 rings (SSSR count). The van der Waals surface area contributed by atoms with Crippen LogP contribution in [0.2, 0.25) is 0 Å². The summed E-state index contributed by atoms with van der Waals surface area (Å²) < 4.78 is 0. The Morgan fingerprint density at radius 3 is 2.78 bits per heavy atom. The maximum Gasteiger partial charge on any atom is 0.0807 e. The molecule has 1 saturated heterocycles. The van der Waals surface area contributed by atoms with Gasteiger partial charge in [-0.05, 0) is 38.2 Å². The van der Waals surface area contributed by atoms with Crippen LogP contribution in [0.25, 0.3) is 0 Å². The number of nitrogens with zero attached hydrogens (tertiary/aromatic N) is 1.